The number of halogens is 5. The van der Waals surface area contributed by atoms with Crippen molar-refractivity contribution >= 4 is 74.0 Å². The number of carbonyl (C=O) groups excluding carboxylic acids is 2. The maximum Gasteiger partial charge on any atom is 0.301 e. The Labute approximate surface area is 363 Å². The van der Waals surface area contributed by atoms with Gasteiger partial charge in [-0.25, -0.2) is 22.5 Å². The van der Waals surface area contributed by atoms with Crippen molar-refractivity contribution in [3.8, 4) is 5.75 Å². The van der Waals surface area contributed by atoms with Crippen LogP contribution in [0.25, 0.3) is 21.8 Å². The van der Waals surface area contributed by atoms with E-state index in [-0.39, 0.29) is 57.5 Å². The van der Waals surface area contributed by atoms with Crippen LogP contribution >= 0.6 is 11.6 Å². The molecule has 20 heteroatoms. The summed E-state index contributed by atoms with van der Waals surface area (Å²) in [5, 5.41) is 13.9. The molecule has 0 spiro atoms. The fraction of sp³-hybridized carbons (Fsp3) is 0.488. The number of rotatable bonds is 8. The predicted octanol–water partition coefficient (Wildman–Crippen LogP) is 5.67. The third kappa shape index (κ3) is 7.65. The molecule has 3 saturated heterocycles. The van der Waals surface area contributed by atoms with E-state index >= 15 is 17.6 Å². The van der Waals surface area contributed by atoms with Gasteiger partial charge in [0.25, 0.3) is 5.56 Å². The fourth-order valence-corrected chi connectivity index (χ4v) is 9.78. The molecule has 0 radical (unpaired) electrons. The molecule has 2 amide bonds. The number of carbonyl (C=O) groups is 2. The van der Waals surface area contributed by atoms with Gasteiger partial charge < -0.3 is 29.7 Å². The van der Waals surface area contributed by atoms with Gasteiger partial charge >= 0.3 is 5.92 Å². The van der Waals surface area contributed by atoms with Crippen LogP contribution in [0.1, 0.15) is 50.1 Å². The van der Waals surface area contributed by atoms with Gasteiger partial charge in [0.1, 0.15) is 16.7 Å². The highest BCUT2D eigenvalue weighted by Gasteiger charge is 2.51. The van der Waals surface area contributed by atoms with E-state index in [1.165, 1.54) is 36.0 Å². The third-order valence-corrected chi connectivity index (χ3v) is 13.6. The number of fused-ring (bicyclic) bond motifs is 4. The molecule has 0 bridgehead atoms. The molecule has 4 aliphatic heterocycles. The summed E-state index contributed by atoms with van der Waals surface area (Å²) < 4.78 is 70.1. The Hall–Kier alpha value is -5.69. The molecular weight excluding hydrogens is 846 g/mol. The number of aromatic nitrogens is 5. The molecule has 332 valence electrons. The zero-order chi connectivity index (χ0) is 43.9. The molecule has 3 N–H and O–H groups in total. The number of anilines is 5. The number of nitrogens with zero attached hydrogens (tertiary/aromatic N) is 8. The van der Waals surface area contributed by atoms with Gasteiger partial charge in [-0.15, -0.1) is 0 Å². The minimum Gasteiger partial charge on any atom is -0.480 e. The van der Waals surface area contributed by atoms with E-state index in [1.807, 2.05) is 4.90 Å². The van der Waals surface area contributed by atoms with E-state index < -0.39 is 41.8 Å². The molecule has 4 fully saturated rings. The highest BCUT2D eigenvalue weighted by molar-refractivity contribution is 6.33. The van der Waals surface area contributed by atoms with Crippen molar-refractivity contribution in [2.45, 2.75) is 56.4 Å². The maximum absolute atomic E-state index is 15.8. The van der Waals surface area contributed by atoms with Crippen molar-refractivity contribution in [1.82, 2.24) is 34.5 Å². The number of imide groups is 1. The minimum absolute atomic E-state index is 0.0198. The number of benzene rings is 2. The van der Waals surface area contributed by atoms with Crippen molar-refractivity contribution in [3.63, 3.8) is 0 Å². The largest absolute Gasteiger partial charge is 0.480 e. The third-order valence-electron chi connectivity index (χ3n) is 13.3. The first-order valence-corrected chi connectivity index (χ1v) is 21.7. The van der Waals surface area contributed by atoms with Crippen LogP contribution in [0.2, 0.25) is 5.02 Å². The number of amides is 2. The van der Waals surface area contributed by atoms with Crippen LogP contribution < -0.4 is 36.0 Å². The van der Waals surface area contributed by atoms with Gasteiger partial charge in [0, 0.05) is 83.2 Å². The Morgan fingerprint density at radius 1 is 0.905 bits per heavy atom. The van der Waals surface area contributed by atoms with E-state index in [4.69, 9.17) is 16.3 Å². The summed E-state index contributed by atoms with van der Waals surface area (Å²) in [7, 11) is 3.22. The highest BCUT2D eigenvalue weighted by atomic mass is 35.5. The van der Waals surface area contributed by atoms with Gasteiger partial charge in [-0.3, -0.25) is 29.3 Å². The van der Waals surface area contributed by atoms with Crippen molar-refractivity contribution in [2.24, 2.45) is 25.9 Å². The first kappa shape index (κ1) is 41.3. The number of aryl methyl sites for hydroxylation is 2. The normalized spacial score (nSPS) is 22.1. The second-order valence-electron chi connectivity index (χ2n) is 17.5. The Kier molecular flexibility index (Phi) is 10.4. The molecule has 2 atom stereocenters. The molecule has 2 aromatic carbocycles. The van der Waals surface area contributed by atoms with E-state index in [0.29, 0.717) is 79.5 Å². The standard InChI is InChI=1S/C43H46ClF4N11O4/c1-55-31-17-28(45)30(16-26(31)36-37(41(55)62)63-21-43(47,48)38(52-36)23-3-4-23)50-39-27(44)19-49-42(53-39)59-9-7-22(8-10-59)20-57-11-13-58(14-12-57)33-18-32-25(15-29(33)46)35(54-56(32)2)24-5-6-34(60)51-40(24)61/h15-19,22-24,38,52H,3-14,20-21H2,1-2H3,(H,49,50,53)(H,51,60,61). The monoisotopic (exact) mass is 891 g/mol. The van der Waals surface area contributed by atoms with Gasteiger partial charge in [-0.05, 0) is 62.1 Å². The number of pyridine rings is 1. The number of piperidine rings is 2. The number of alkyl halides is 2. The maximum atomic E-state index is 15.8. The van der Waals surface area contributed by atoms with Crippen LogP contribution in [0.3, 0.4) is 0 Å². The average Bonchev–Trinajstić information content (AvgIpc) is 4.07. The fourth-order valence-electron chi connectivity index (χ4n) is 9.64. The van der Waals surface area contributed by atoms with Gasteiger partial charge in [-0.2, -0.15) is 10.1 Å². The first-order valence-electron chi connectivity index (χ1n) is 21.4. The molecule has 15 nitrogen and oxygen atoms in total. The zero-order valence-electron chi connectivity index (χ0n) is 34.7. The number of hydrogen-bond acceptors (Lipinski definition) is 12. The van der Waals surface area contributed by atoms with Crippen molar-refractivity contribution in [1.29, 1.82) is 0 Å². The lowest BCUT2D eigenvalue weighted by molar-refractivity contribution is -0.134. The molecule has 10 rings (SSSR count). The number of ether oxygens (including phenoxy) is 1. The Bertz CT molecular complexity index is 2730. The second-order valence-corrected chi connectivity index (χ2v) is 17.9. The van der Waals surface area contributed by atoms with Gasteiger partial charge in [0.15, 0.2) is 12.4 Å². The van der Waals surface area contributed by atoms with Gasteiger partial charge in [0.05, 0.1) is 51.9 Å². The molecule has 1 aliphatic carbocycles. The smallest absolute Gasteiger partial charge is 0.301 e. The summed E-state index contributed by atoms with van der Waals surface area (Å²) in [5.74, 6) is -5.12. The zero-order valence-corrected chi connectivity index (χ0v) is 35.5. The summed E-state index contributed by atoms with van der Waals surface area (Å²) in [5.41, 5.74) is 1.34. The predicted molar refractivity (Wildman–Crippen MR) is 229 cm³/mol. The first-order chi connectivity index (χ1) is 30.2. The summed E-state index contributed by atoms with van der Waals surface area (Å²) in [6.45, 7) is 4.14. The molecular formula is C43H46ClF4N11O4. The molecule has 2 unspecified atom stereocenters. The number of nitrogens with one attached hydrogen (secondary N) is 3. The van der Waals surface area contributed by atoms with E-state index in [9.17, 15) is 14.4 Å². The molecule has 3 aromatic heterocycles. The lowest BCUT2D eigenvalue weighted by Crippen LogP contribution is -2.49. The van der Waals surface area contributed by atoms with Crippen LogP contribution in [-0.2, 0) is 23.7 Å². The molecule has 5 aromatic rings. The highest BCUT2D eigenvalue weighted by Crippen LogP contribution is 2.46. The quantitative estimate of drug-likeness (QED) is 0.130. The topological polar surface area (TPSA) is 155 Å². The Balaban J connectivity index is 0.780. The molecule has 5 aliphatic rings. The summed E-state index contributed by atoms with van der Waals surface area (Å²) in [6.07, 6.45) is 5.04. The lowest BCUT2D eigenvalue weighted by atomic mass is 9.92. The van der Waals surface area contributed by atoms with Crippen molar-refractivity contribution in [3.05, 3.63) is 63.2 Å². The van der Waals surface area contributed by atoms with Crippen LogP contribution in [0.5, 0.6) is 5.75 Å². The molecule has 63 heavy (non-hydrogen) atoms. The minimum atomic E-state index is -3.22. The van der Waals surface area contributed by atoms with Crippen molar-refractivity contribution < 1.29 is 31.9 Å². The van der Waals surface area contributed by atoms with Crippen LogP contribution in [-0.4, -0.2) is 105 Å². The SMILES string of the molecule is Cn1nc(C2CCC(=O)NC2=O)c2cc(F)c(N3CCN(CC4CCN(c5ncc(Cl)c(Nc6cc7c8c(c(=O)n(C)c7cc6F)OCC(F)(F)C(C6CC6)N8)n5)CC4)CC3)cc21. The Morgan fingerprint density at radius 2 is 1.67 bits per heavy atom. The summed E-state index contributed by atoms with van der Waals surface area (Å²) >= 11 is 6.55. The lowest BCUT2D eigenvalue weighted by Gasteiger charge is -2.39. The van der Waals surface area contributed by atoms with E-state index in [1.54, 1.807) is 17.8 Å². The van der Waals surface area contributed by atoms with E-state index in [2.05, 4.69) is 40.8 Å². The van der Waals surface area contributed by atoms with Crippen LogP contribution in [0.15, 0.2) is 35.3 Å². The van der Waals surface area contributed by atoms with E-state index in [0.717, 1.165) is 38.0 Å². The van der Waals surface area contributed by atoms with Crippen LogP contribution in [0, 0.1) is 23.5 Å². The summed E-state index contributed by atoms with van der Waals surface area (Å²) in [4.78, 5) is 53.2. The number of hydrogen-bond donors (Lipinski definition) is 3. The van der Waals surface area contributed by atoms with Gasteiger partial charge in [0.2, 0.25) is 23.5 Å². The summed E-state index contributed by atoms with van der Waals surface area (Å²) in [6, 6.07) is 4.66. The molecule has 1 saturated carbocycles. The van der Waals surface area contributed by atoms with Crippen LogP contribution in [0.4, 0.5) is 46.4 Å². The Morgan fingerprint density at radius 3 is 2.40 bits per heavy atom. The second kappa shape index (κ2) is 15.8. The van der Waals surface area contributed by atoms with Crippen molar-refractivity contribution in [2.75, 3.05) is 72.9 Å². The van der Waals surface area contributed by atoms with Gasteiger partial charge in [-0.1, -0.05) is 11.6 Å². The average molecular weight is 892 g/mol. The molecule has 7 heterocycles. The number of piperazine rings is 1.